The molecule has 0 saturated carbocycles. The number of para-hydroxylation sites is 1. The van der Waals surface area contributed by atoms with Crippen LogP contribution in [-0.2, 0) is 9.59 Å². The molecule has 210 valence electrons. The molecule has 40 heavy (non-hydrogen) atoms. The Labute approximate surface area is 231 Å². The van der Waals surface area contributed by atoms with Crippen molar-refractivity contribution in [3.63, 3.8) is 0 Å². The topological polar surface area (TPSA) is 152 Å². The second-order valence-corrected chi connectivity index (χ2v) is 9.81. The number of hydrogen-bond acceptors (Lipinski definition) is 5. The number of Topliss-reactive ketones (excluding diaryl/α,β-unsaturated/α-hetero) is 1. The molecule has 0 bridgehead atoms. The number of piperazine rings is 1. The highest BCUT2D eigenvalue weighted by atomic mass is 16.4. The van der Waals surface area contributed by atoms with Crippen molar-refractivity contribution in [2.45, 2.75) is 38.6 Å². The first-order valence-electron chi connectivity index (χ1n) is 13.3. The molecule has 1 aliphatic heterocycles. The van der Waals surface area contributed by atoms with E-state index in [0.717, 1.165) is 0 Å². The minimum Gasteiger partial charge on any atom is -0.481 e. The maximum atomic E-state index is 13.3. The zero-order valence-corrected chi connectivity index (χ0v) is 22.3. The minimum atomic E-state index is -0.836. The second kappa shape index (κ2) is 12.9. The third-order valence-corrected chi connectivity index (χ3v) is 6.95. The molecule has 1 fully saturated rings. The number of carbonyl (C=O) groups excluding carboxylic acids is 4. The number of aromatic amines is 1. The molecular formula is C29H33N5O6. The first-order chi connectivity index (χ1) is 19.3. The van der Waals surface area contributed by atoms with E-state index >= 15 is 0 Å². The summed E-state index contributed by atoms with van der Waals surface area (Å²) in [6, 6.07) is 13.3. The summed E-state index contributed by atoms with van der Waals surface area (Å²) < 4.78 is 0. The van der Waals surface area contributed by atoms with Gasteiger partial charge in [0.15, 0.2) is 0 Å². The van der Waals surface area contributed by atoms with Gasteiger partial charge in [0, 0.05) is 55.8 Å². The number of nitrogens with zero attached hydrogens (tertiary/aromatic N) is 2. The lowest BCUT2D eigenvalue weighted by atomic mass is 10.1. The second-order valence-electron chi connectivity index (χ2n) is 9.81. The smallest absolute Gasteiger partial charge is 0.319 e. The van der Waals surface area contributed by atoms with Gasteiger partial charge < -0.3 is 30.5 Å². The van der Waals surface area contributed by atoms with E-state index < -0.39 is 23.7 Å². The van der Waals surface area contributed by atoms with Gasteiger partial charge in [0.2, 0.25) is 0 Å². The van der Waals surface area contributed by atoms with Gasteiger partial charge in [0.05, 0.1) is 16.8 Å². The molecule has 1 aliphatic rings. The van der Waals surface area contributed by atoms with Gasteiger partial charge in [-0.05, 0) is 38.0 Å². The van der Waals surface area contributed by atoms with Crippen molar-refractivity contribution in [3.05, 3.63) is 65.9 Å². The van der Waals surface area contributed by atoms with Gasteiger partial charge in [0.25, 0.3) is 17.6 Å². The number of rotatable bonds is 10. The van der Waals surface area contributed by atoms with E-state index in [4.69, 9.17) is 5.11 Å². The van der Waals surface area contributed by atoms with Crippen molar-refractivity contribution in [1.82, 2.24) is 20.1 Å². The van der Waals surface area contributed by atoms with Crippen LogP contribution in [0.1, 0.15) is 53.3 Å². The maximum absolute atomic E-state index is 13.3. The number of fused-ring (bicyclic) bond motifs is 1. The number of aliphatic carboxylic acids is 1. The van der Waals surface area contributed by atoms with Gasteiger partial charge in [-0.2, -0.15) is 0 Å². The van der Waals surface area contributed by atoms with Crippen LogP contribution in [0.15, 0.2) is 54.7 Å². The van der Waals surface area contributed by atoms with Crippen LogP contribution >= 0.6 is 0 Å². The molecule has 1 aromatic heterocycles. The fraction of sp³-hybridized carbons (Fsp3) is 0.345. The van der Waals surface area contributed by atoms with Crippen LogP contribution in [-0.4, -0.2) is 81.7 Å². The number of H-pyrrole nitrogens is 1. The number of anilines is 1. The summed E-state index contributed by atoms with van der Waals surface area (Å²) in [5.41, 5.74) is 1.76. The molecule has 2 aromatic carbocycles. The summed E-state index contributed by atoms with van der Waals surface area (Å²) in [5, 5.41) is 14.7. The summed E-state index contributed by atoms with van der Waals surface area (Å²) in [4.78, 5) is 68.5. The summed E-state index contributed by atoms with van der Waals surface area (Å²) in [6.45, 7) is 3.11. The maximum Gasteiger partial charge on any atom is 0.319 e. The first-order valence-corrected chi connectivity index (χ1v) is 13.3. The van der Waals surface area contributed by atoms with E-state index in [9.17, 15) is 24.0 Å². The Morgan fingerprint density at radius 2 is 1.75 bits per heavy atom. The van der Waals surface area contributed by atoms with Crippen molar-refractivity contribution in [1.29, 1.82) is 0 Å². The quantitative estimate of drug-likeness (QED) is 0.173. The molecule has 4 rings (SSSR count). The number of urea groups is 1. The molecule has 0 spiro atoms. The van der Waals surface area contributed by atoms with Crippen LogP contribution in [0, 0.1) is 0 Å². The van der Waals surface area contributed by atoms with Crippen LogP contribution < -0.4 is 10.6 Å². The van der Waals surface area contributed by atoms with Gasteiger partial charge in [-0.1, -0.05) is 36.8 Å². The average Bonchev–Trinajstić information content (AvgIpc) is 3.39. The fourth-order valence-corrected chi connectivity index (χ4v) is 4.85. The monoisotopic (exact) mass is 547 g/mol. The average molecular weight is 548 g/mol. The number of unbranched alkanes of at least 4 members (excludes halogenated alkanes) is 2. The van der Waals surface area contributed by atoms with Crippen LogP contribution in [0.4, 0.5) is 10.5 Å². The van der Waals surface area contributed by atoms with E-state index in [1.54, 1.807) is 47.4 Å². The van der Waals surface area contributed by atoms with E-state index in [1.807, 2.05) is 13.0 Å². The molecule has 2 heterocycles. The largest absolute Gasteiger partial charge is 0.481 e. The van der Waals surface area contributed by atoms with Crippen LogP contribution in [0.3, 0.4) is 0 Å². The summed E-state index contributed by atoms with van der Waals surface area (Å²) in [5.74, 6) is -2.25. The SMILES string of the molecule is CC1CN(C(=O)c2ccccc2)CCN1C(=O)C(=O)c1c[nH]c2c(NC(=O)NCCCCCC(=O)O)cccc12. The van der Waals surface area contributed by atoms with Gasteiger partial charge in [0.1, 0.15) is 0 Å². The van der Waals surface area contributed by atoms with Gasteiger partial charge in [-0.3, -0.25) is 19.2 Å². The lowest BCUT2D eigenvalue weighted by Crippen LogP contribution is -2.56. The van der Waals surface area contributed by atoms with E-state index in [2.05, 4.69) is 15.6 Å². The summed E-state index contributed by atoms with van der Waals surface area (Å²) in [7, 11) is 0. The Bertz CT molecular complexity index is 1400. The van der Waals surface area contributed by atoms with Gasteiger partial charge in [-0.15, -0.1) is 0 Å². The van der Waals surface area contributed by atoms with Crippen LogP contribution in [0.25, 0.3) is 10.9 Å². The van der Waals surface area contributed by atoms with E-state index in [-0.39, 0.29) is 30.5 Å². The number of ketones is 1. The Balaban J connectivity index is 1.36. The number of carboxylic acid groups (broad SMARTS) is 1. The number of aromatic nitrogens is 1. The zero-order valence-electron chi connectivity index (χ0n) is 22.3. The molecule has 4 amide bonds. The normalized spacial score (nSPS) is 15.1. The molecule has 11 heteroatoms. The number of hydrogen-bond donors (Lipinski definition) is 4. The molecule has 1 saturated heterocycles. The number of amides is 4. The van der Waals surface area contributed by atoms with Crippen LogP contribution in [0.2, 0.25) is 0 Å². The Morgan fingerprint density at radius 3 is 2.48 bits per heavy atom. The lowest BCUT2D eigenvalue weighted by Gasteiger charge is -2.39. The molecule has 1 atom stereocenters. The standard InChI is InChI=1S/C29H33N5O6/c1-19-18-33(27(38)20-9-4-2-5-10-20)15-16-34(19)28(39)26(37)22-17-31-25-21(22)11-8-12-23(25)32-29(40)30-14-7-3-6-13-24(35)36/h2,4-5,8-12,17,19,31H,3,6-7,13-16,18H2,1H3,(H,35,36)(H2,30,32,40). The number of benzene rings is 2. The predicted molar refractivity (Wildman–Crippen MR) is 149 cm³/mol. The van der Waals surface area contributed by atoms with Crippen molar-refractivity contribution in [3.8, 4) is 0 Å². The highest BCUT2D eigenvalue weighted by Gasteiger charge is 2.34. The Kier molecular flexibility index (Phi) is 9.15. The molecule has 11 nitrogen and oxygen atoms in total. The highest BCUT2D eigenvalue weighted by molar-refractivity contribution is 6.45. The molecule has 4 N–H and O–H groups in total. The Hall–Kier alpha value is -4.67. The number of carbonyl (C=O) groups is 5. The summed E-state index contributed by atoms with van der Waals surface area (Å²) >= 11 is 0. The van der Waals surface area contributed by atoms with E-state index in [0.29, 0.717) is 61.1 Å². The molecule has 0 aliphatic carbocycles. The highest BCUT2D eigenvalue weighted by Crippen LogP contribution is 2.27. The number of nitrogens with one attached hydrogen (secondary N) is 3. The molecular weight excluding hydrogens is 514 g/mol. The molecule has 1 unspecified atom stereocenters. The van der Waals surface area contributed by atoms with Crippen molar-refractivity contribution >= 4 is 46.2 Å². The fourth-order valence-electron chi connectivity index (χ4n) is 4.85. The Morgan fingerprint density at radius 1 is 0.975 bits per heavy atom. The molecule has 3 aromatic rings. The van der Waals surface area contributed by atoms with Crippen molar-refractivity contribution < 1.29 is 29.1 Å². The third-order valence-electron chi connectivity index (χ3n) is 6.95. The summed E-state index contributed by atoms with van der Waals surface area (Å²) in [6.07, 6.45) is 3.47. The van der Waals surface area contributed by atoms with Gasteiger partial charge >= 0.3 is 12.0 Å². The van der Waals surface area contributed by atoms with Crippen molar-refractivity contribution in [2.75, 3.05) is 31.5 Å². The minimum absolute atomic E-state index is 0.105. The predicted octanol–water partition coefficient (Wildman–Crippen LogP) is 3.49. The zero-order chi connectivity index (χ0) is 28.6. The van der Waals surface area contributed by atoms with E-state index in [1.165, 1.54) is 11.1 Å². The van der Waals surface area contributed by atoms with Crippen LogP contribution in [0.5, 0.6) is 0 Å². The number of carboxylic acids is 1. The first kappa shape index (κ1) is 28.3. The third kappa shape index (κ3) is 6.66. The van der Waals surface area contributed by atoms with Gasteiger partial charge in [-0.25, -0.2) is 4.79 Å². The van der Waals surface area contributed by atoms with Crippen molar-refractivity contribution in [2.24, 2.45) is 0 Å². The lowest BCUT2D eigenvalue weighted by molar-refractivity contribution is -0.137. The molecule has 0 radical (unpaired) electrons.